The van der Waals surface area contributed by atoms with E-state index >= 15 is 0 Å². The average Bonchev–Trinajstić information content (AvgIpc) is 2.79. The van der Waals surface area contributed by atoms with Crippen LogP contribution >= 0.6 is 38.9 Å². The molecular weight excluding hydrogens is 360 g/mol. The van der Waals surface area contributed by atoms with Crippen LogP contribution in [0.25, 0.3) is 0 Å². The summed E-state index contributed by atoms with van der Waals surface area (Å²) in [5.41, 5.74) is 1.54. The van der Waals surface area contributed by atoms with E-state index in [1.807, 2.05) is 12.1 Å². The van der Waals surface area contributed by atoms with Gasteiger partial charge in [-0.2, -0.15) is 0 Å². The molecule has 0 fully saturated rings. The van der Waals surface area contributed by atoms with Gasteiger partial charge in [0.05, 0.1) is 16.8 Å². The Labute approximate surface area is 135 Å². The molecule has 1 aromatic carbocycles. The number of amides is 1. The van der Waals surface area contributed by atoms with E-state index in [-0.39, 0.29) is 11.9 Å². The van der Waals surface area contributed by atoms with E-state index in [0.29, 0.717) is 10.7 Å². The zero-order valence-electron chi connectivity index (χ0n) is 11.0. The molecular formula is C14H14BrClN2OS. The largest absolute Gasteiger partial charge is 0.378 e. The molecule has 2 N–H and O–H groups in total. The third kappa shape index (κ3) is 3.98. The molecule has 0 aliphatic rings. The highest BCUT2D eigenvalue weighted by Gasteiger charge is 2.09. The van der Waals surface area contributed by atoms with Crippen molar-refractivity contribution in [2.75, 3.05) is 10.6 Å². The van der Waals surface area contributed by atoms with E-state index < -0.39 is 0 Å². The zero-order valence-corrected chi connectivity index (χ0v) is 14.2. The molecule has 0 saturated carbocycles. The molecule has 1 aromatic heterocycles. The minimum absolute atomic E-state index is 0.135. The van der Waals surface area contributed by atoms with Crippen molar-refractivity contribution in [2.45, 2.75) is 19.9 Å². The van der Waals surface area contributed by atoms with Crippen LogP contribution in [0.2, 0.25) is 5.02 Å². The van der Waals surface area contributed by atoms with Crippen molar-refractivity contribution in [3.63, 3.8) is 0 Å². The van der Waals surface area contributed by atoms with Gasteiger partial charge in [0.2, 0.25) is 5.91 Å². The van der Waals surface area contributed by atoms with Crippen LogP contribution in [0.5, 0.6) is 0 Å². The first-order valence-corrected chi connectivity index (χ1v) is 8.08. The Morgan fingerprint density at radius 1 is 1.40 bits per heavy atom. The minimum atomic E-state index is -0.135. The molecule has 20 heavy (non-hydrogen) atoms. The molecule has 0 spiro atoms. The molecule has 0 aliphatic heterocycles. The van der Waals surface area contributed by atoms with E-state index in [1.165, 1.54) is 11.8 Å². The second-order valence-corrected chi connectivity index (χ2v) is 6.67. The smallest absolute Gasteiger partial charge is 0.221 e. The molecule has 0 aliphatic carbocycles. The van der Waals surface area contributed by atoms with Gasteiger partial charge in [0.1, 0.15) is 0 Å². The standard InChI is InChI=1S/C14H14BrClN2OS/c1-8(14-5-10(15)7-20-14)17-11-3-4-13(12(16)6-11)18-9(2)19/h3-8,17H,1-2H3,(H,18,19). The summed E-state index contributed by atoms with van der Waals surface area (Å²) in [5, 5.41) is 8.65. The maximum absolute atomic E-state index is 11.0. The predicted octanol–water partition coefficient (Wildman–Crippen LogP) is 5.30. The zero-order chi connectivity index (χ0) is 14.7. The molecule has 1 atom stereocenters. The van der Waals surface area contributed by atoms with Crippen molar-refractivity contribution in [3.05, 3.63) is 44.0 Å². The maximum Gasteiger partial charge on any atom is 0.221 e. The number of thiophene rings is 1. The molecule has 2 aromatic rings. The molecule has 0 saturated heterocycles. The van der Waals surface area contributed by atoms with Gasteiger partial charge < -0.3 is 10.6 Å². The Balaban J connectivity index is 2.10. The molecule has 1 amide bonds. The Morgan fingerprint density at radius 3 is 2.70 bits per heavy atom. The minimum Gasteiger partial charge on any atom is -0.378 e. The van der Waals surface area contributed by atoms with Crippen LogP contribution in [-0.2, 0) is 4.79 Å². The molecule has 1 unspecified atom stereocenters. The summed E-state index contributed by atoms with van der Waals surface area (Å²) in [7, 11) is 0. The molecule has 0 bridgehead atoms. The number of carbonyl (C=O) groups is 1. The lowest BCUT2D eigenvalue weighted by Crippen LogP contribution is -2.07. The van der Waals surface area contributed by atoms with Crippen LogP contribution in [0.1, 0.15) is 24.8 Å². The number of nitrogens with one attached hydrogen (secondary N) is 2. The second kappa shape index (κ2) is 6.61. The third-order valence-electron chi connectivity index (χ3n) is 2.68. The fourth-order valence-corrected chi connectivity index (χ4v) is 3.45. The van der Waals surface area contributed by atoms with Gasteiger partial charge in [-0.3, -0.25) is 4.79 Å². The molecule has 6 heteroatoms. The lowest BCUT2D eigenvalue weighted by atomic mass is 10.2. The van der Waals surface area contributed by atoms with E-state index in [1.54, 1.807) is 17.4 Å². The summed E-state index contributed by atoms with van der Waals surface area (Å²) in [6.07, 6.45) is 0. The number of benzene rings is 1. The second-order valence-electron chi connectivity index (χ2n) is 4.41. The summed E-state index contributed by atoms with van der Waals surface area (Å²) < 4.78 is 1.09. The topological polar surface area (TPSA) is 41.1 Å². The van der Waals surface area contributed by atoms with Gasteiger partial charge in [-0.25, -0.2) is 0 Å². The van der Waals surface area contributed by atoms with Crippen molar-refractivity contribution < 1.29 is 4.79 Å². The van der Waals surface area contributed by atoms with E-state index in [9.17, 15) is 4.79 Å². The highest BCUT2D eigenvalue weighted by atomic mass is 79.9. The molecule has 2 rings (SSSR count). The monoisotopic (exact) mass is 372 g/mol. The van der Waals surface area contributed by atoms with Gasteiger partial charge in [-0.05, 0) is 47.1 Å². The fourth-order valence-electron chi connectivity index (χ4n) is 1.77. The van der Waals surface area contributed by atoms with Crippen LogP contribution in [-0.4, -0.2) is 5.91 Å². The number of anilines is 2. The number of rotatable bonds is 4. The summed E-state index contributed by atoms with van der Waals surface area (Å²) in [4.78, 5) is 12.3. The predicted molar refractivity (Wildman–Crippen MR) is 89.8 cm³/mol. The lowest BCUT2D eigenvalue weighted by Gasteiger charge is -2.15. The highest BCUT2D eigenvalue weighted by Crippen LogP contribution is 2.30. The first-order valence-electron chi connectivity index (χ1n) is 6.03. The van der Waals surface area contributed by atoms with E-state index in [0.717, 1.165) is 10.2 Å². The average molecular weight is 374 g/mol. The fraction of sp³-hybridized carbons (Fsp3) is 0.214. The quantitative estimate of drug-likeness (QED) is 0.764. The Kier molecular flexibility index (Phi) is 5.07. The summed E-state index contributed by atoms with van der Waals surface area (Å²) >= 11 is 11.3. The van der Waals surface area contributed by atoms with Crippen LogP contribution in [0.15, 0.2) is 34.1 Å². The Morgan fingerprint density at radius 2 is 2.15 bits per heavy atom. The first kappa shape index (κ1) is 15.4. The third-order valence-corrected chi connectivity index (χ3v) is 4.87. The van der Waals surface area contributed by atoms with Gasteiger partial charge >= 0.3 is 0 Å². The van der Waals surface area contributed by atoms with Crippen LogP contribution < -0.4 is 10.6 Å². The van der Waals surface area contributed by atoms with Crippen molar-refractivity contribution in [1.29, 1.82) is 0 Å². The molecule has 3 nitrogen and oxygen atoms in total. The van der Waals surface area contributed by atoms with Gasteiger partial charge in [0, 0.05) is 27.3 Å². The molecule has 106 valence electrons. The summed E-state index contributed by atoms with van der Waals surface area (Å²) in [5.74, 6) is -0.135. The number of halogens is 2. The van der Waals surface area contributed by atoms with Gasteiger partial charge in [-0.1, -0.05) is 11.6 Å². The number of hydrogen-bond donors (Lipinski definition) is 2. The van der Waals surface area contributed by atoms with Crippen molar-refractivity contribution in [1.82, 2.24) is 0 Å². The van der Waals surface area contributed by atoms with Crippen molar-refractivity contribution in [3.8, 4) is 0 Å². The Bertz CT molecular complexity index is 629. The van der Waals surface area contributed by atoms with E-state index in [2.05, 4.69) is 44.9 Å². The summed E-state index contributed by atoms with van der Waals surface area (Å²) in [6, 6.07) is 7.79. The first-order chi connectivity index (χ1) is 9.45. The summed E-state index contributed by atoms with van der Waals surface area (Å²) in [6.45, 7) is 3.55. The maximum atomic E-state index is 11.0. The van der Waals surface area contributed by atoms with Gasteiger partial charge in [0.25, 0.3) is 0 Å². The Hall–Kier alpha value is -1.04. The normalized spacial score (nSPS) is 12.0. The number of carbonyl (C=O) groups excluding carboxylic acids is 1. The highest BCUT2D eigenvalue weighted by molar-refractivity contribution is 9.10. The van der Waals surface area contributed by atoms with Crippen molar-refractivity contribution in [2.24, 2.45) is 0 Å². The van der Waals surface area contributed by atoms with E-state index in [4.69, 9.17) is 11.6 Å². The number of hydrogen-bond acceptors (Lipinski definition) is 3. The van der Waals surface area contributed by atoms with Crippen LogP contribution in [0.4, 0.5) is 11.4 Å². The lowest BCUT2D eigenvalue weighted by molar-refractivity contribution is -0.114. The SMILES string of the molecule is CC(=O)Nc1ccc(NC(C)c2cc(Br)cs2)cc1Cl. The van der Waals surface area contributed by atoms with Crippen molar-refractivity contribution >= 4 is 56.1 Å². The molecule has 0 radical (unpaired) electrons. The van der Waals surface area contributed by atoms with Crippen LogP contribution in [0.3, 0.4) is 0 Å². The van der Waals surface area contributed by atoms with Gasteiger partial charge in [0.15, 0.2) is 0 Å². The van der Waals surface area contributed by atoms with Crippen LogP contribution in [0, 0.1) is 0 Å². The van der Waals surface area contributed by atoms with Gasteiger partial charge in [-0.15, -0.1) is 11.3 Å². The molecule has 1 heterocycles.